The molecule has 0 saturated carbocycles. The van der Waals surface area contributed by atoms with Gasteiger partial charge in [-0.3, -0.25) is 9.59 Å². The zero-order valence-corrected chi connectivity index (χ0v) is 13.8. The molecular formula is C18H17FN2O4. The van der Waals surface area contributed by atoms with Crippen LogP contribution in [0.5, 0.6) is 5.75 Å². The highest BCUT2D eigenvalue weighted by Gasteiger charge is 2.07. The standard InChI is InChI=1S/C18H17FN2O4/c1-12(22)25-11-15-8-13(6-7-17(15)24-2)10-20-21-18(23)14-4-3-5-16(19)9-14/h3-10H,11H2,1-2H3,(H,21,23). The number of ether oxygens (including phenoxy) is 2. The fourth-order valence-electron chi connectivity index (χ4n) is 2.03. The van der Waals surface area contributed by atoms with Crippen molar-refractivity contribution in [3.8, 4) is 5.75 Å². The summed E-state index contributed by atoms with van der Waals surface area (Å²) in [4.78, 5) is 22.8. The van der Waals surface area contributed by atoms with Crippen LogP contribution in [0.3, 0.4) is 0 Å². The summed E-state index contributed by atoms with van der Waals surface area (Å²) in [5.74, 6) is -0.850. The maximum Gasteiger partial charge on any atom is 0.302 e. The van der Waals surface area contributed by atoms with Crippen LogP contribution in [0.4, 0.5) is 4.39 Å². The van der Waals surface area contributed by atoms with Crippen LogP contribution in [0.2, 0.25) is 0 Å². The minimum atomic E-state index is -0.524. The Bertz CT molecular complexity index is 805. The van der Waals surface area contributed by atoms with Gasteiger partial charge < -0.3 is 9.47 Å². The van der Waals surface area contributed by atoms with E-state index in [1.807, 2.05) is 0 Å². The minimum Gasteiger partial charge on any atom is -0.496 e. The third kappa shape index (κ3) is 5.42. The van der Waals surface area contributed by atoms with E-state index in [2.05, 4.69) is 10.5 Å². The molecule has 0 saturated heterocycles. The fraction of sp³-hybridized carbons (Fsp3) is 0.167. The number of rotatable bonds is 6. The summed E-state index contributed by atoms with van der Waals surface area (Å²) < 4.78 is 23.3. The van der Waals surface area contributed by atoms with Gasteiger partial charge in [0.15, 0.2) is 0 Å². The summed E-state index contributed by atoms with van der Waals surface area (Å²) in [5, 5.41) is 3.84. The molecule has 1 amide bonds. The van der Waals surface area contributed by atoms with Gasteiger partial charge in [-0.2, -0.15) is 5.10 Å². The van der Waals surface area contributed by atoms with E-state index in [4.69, 9.17) is 9.47 Å². The Morgan fingerprint density at radius 3 is 2.72 bits per heavy atom. The van der Waals surface area contributed by atoms with Gasteiger partial charge in [0.1, 0.15) is 18.2 Å². The first-order valence-corrected chi connectivity index (χ1v) is 7.39. The van der Waals surface area contributed by atoms with Crippen molar-refractivity contribution in [3.05, 3.63) is 65.0 Å². The molecule has 130 valence electrons. The van der Waals surface area contributed by atoms with Crippen molar-refractivity contribution < 1.29 is 23.5 Å². The van der Waals surface area contributed by atoms with E-state index >= 15 is 0 Å². The number of carbonyl (C=O) groups is 2. The van der Waals surface area contributed by atoms with Gasteiger partial charge in [0.25, 0.3) is 5.91 Å². The summed E-state index contributed by atoms with van der Waals surface area (Å²) in [6.07, 6.45) is 1.42. The lowest BCUT2D eigenvalue weighted by atomic mass is 10.1. The lowest BCUT2D eigenvalue weighted by Crippen LogP contribution is -2.17. The van der Waals surface area contributed by atoms with Gasteiger partial charge in [0.2, 0.25) is 0 Å². The molecule has 0 unspecified atom stereocenters. The number of hydrogen-bond acceptors (Lipinski definition) is 5. The van der Waals surface area contributed by atoms with E-state index in [0.29, 0.717) is 16.9 Å². The van der Waals surface area contributed by atoms with Crippen molar-refractivity contribution in [1.29, 1.82) is 0 Å². The molecule has 0 radical (unpaired) electrons. The first-order chi connectivity index (χ1) is 12.0. The Morgan fingerprint density at radius 1 is 1.24 bits per heavy atom. The van der Waals surface area contributed by atoms with Crippen LogP contribution >= 0.6 is 0 Å². The summed E-state index contributed by atoms with van der Waals surface area (Å²) >= 11 is 0. The van der Waals surface area contributed by atoms with Crippen LogP contribution in [0, 0.1) is 5.82 Å². The van der Waals surface area contributed by atoms with Gasteiger partial charge in [-0.1, -0.05) is 6.07 Å². The van der Waals surface area contributed by atoms with Gasteiger partial charge in [-0.05, 0) is 42.0 Å². The van der Waals surface area contributed by atoms with E-state index in [1.165, 1.54) is 38.4 Å². The molecule has 0 fully saturated rings. The van der Waals surface area contributed by atoms with E-state index in [0.717, 1.165) is 6.07 Å². The minimum absolute atomic E-state index is 0.0653. The number of carbonyl (C=O) groups excluding carboxylic acids is 2. The maximum absolute atomic E-state index is 13.1. The molecule has 6 nitrogen and oxygen atoms in total. The average molecular weight is 344 g/mol. The van der Waals surface area contributed by atoms with Crippen molar-refractivity contribution in [2.24, 2.45) is 5.10 Å². The Morgan fingerprint density at radius 2 is 2.04 bits per heavy atom. The van der Waals surface area contributed by atoms with Crippen LogP contribution in [0.25, 0.3) is 0 Å². The van der Waals surface area contributed by atoms with Crippen LogP contribution < -0.4 is 10.2 Å². The Balaban J connectivity index is 2.06. The number of amides is 1. The monoisotopic (exact) mass is 344 g/mol. The molecule has 25 heavy (non-hydrogen) atoms. The number of benzene rings is 2. The second-order valence-electron chi connectivity index (χ2n) is 5.06. The quantitative estimate of drug-likeness (QED) is 0.496. The topological polar surface area (TPSA) is 77.0 Å². The highest BCUT2D eigenvalue weighted by atomic mass is 19.1. The molecule has 2 aromatic carbocycles. The number of halogens is 1. The molecule has 0 aliphatic carbocycles. The number of nitrogens with zero attached hydrogens (tertiary/aromatic N) is 1. The molecule has 0 atom stereocenters. The molecule has 0 aliphatic heterocycles. The van der Waals surface area contributed by atoms with E-state index < -0.39 is 17.7 Å². The van der Waals surface area contributed by atoms with Crippen molar-refractivity contribution in [2.75, 3.05) is 7.11 Å². The second kappa shape index (κ2) is 8.58. The largest absolute Gasteiger partial charge is 0.496 e. The zero-order valence-electron chi connectivity index (χ0n) is 13.8. The lowest BCUT2D eigenvalue weighted by Gasteiger charge is -2.09. The SMILES string of the molecule is COc1ccc(C=NNC(=O)c2cccc(F)c2)cc1COC(C)=O. The summed E-state index contributed by atoms with van der Waals surface area (Å²) in [7, 11) is 1.51. The van der Waals surface area contributed by atoms with Crippen molar-refractivity contribution in [2.45, 2.75) is 13.5 Å². The molecule has 0 aromatic heterocycles. The maximum atomic E-state index is 13.1. The zero-order chi connectivity index (χ0) is 18.2. The molecule has 0 bridgehead atoms. The number of methoxy groups -OCH3 is 1. The first-order valence-electron chi connectivity index (χ1n) is 7.39. The van der Waals surface area contributed by atoms with Gasteiger partial charge in [0.05, 0.1) is 13.3 Å². The van der Waals surface area contributed by atoms with Gasteiger partial charge in [0, 0.05) is 18.1 Å². The summed E-state index contributed by atoms with van der Waals surface area (Å²) in [5.41, 5.74) is 3.82. The molecule has 2 rings (SSSR count). The van der Waals surface area contributed by atoms with Crippen molar-refractivity contribution in [3.63, 3.8) is 0 Å². The smallest absolute Gasteiger partial charge is 0.302 e. The van der Waals surface area contributed by atoms with Gasteiger partial charge in [-0.25, -0.2) is 9.82 Å². The predicted octanol–water partition coefficient (Wildman–Crippen LogP) is 2.66. The second-order valence-corrected chi connectivity index (χ2v) is 5.06. The molecule has 2 aromatic rings. The van der Waals surface area contributed by atoms with Crippen molar-refractivity contribution >= 4 is 18.1 Å². The van der Waals surface area contributed by atoms with Crippen LogP contribution in [0.1, 0.15) is 28.4 Å². The molecule has 0 heterocycles. The Kier molecular flexibility index (Phi) is 6.22. The number of esters is 1. The third-order valence-electron chi connectivity index (χ3n) is 3.20. The summed E-state index contributed by atoms with van der Waals surface area (Å²) in [6.45, 7) is 1.38. The molecule has 0 spiro atoms. The van der Waals surface area contributed by atoms with Gasteiger partial charge in [-0.15, -0.1) is 0 Å². The number of hydrogen-bond donors (Lipinski definition) is 1. The molecule has 1 N–H and O–H groups in total. The number of hydrazone groups is 1. The fourth-order valence-corrected chi connectivity index (χ4v) is 2.03. The Labute approximate surface area is 144 Å². The van der Waals surface area contributed by atoms with Crippen LogP contribution in [0.15, 0.2) is 47.6 Å². The summed E-state index contributed by atoms with van der Waals surface area (Å²) in [6, 6.07) is 10.5. The third-order valence-corrected chi connectivity index (χ3v) is 3.20. The van der Waals surface area contributed by atoms with Crippen LogP contribution in [-0.4, -0.2) is 25.2 Å². The van der Waals surface area contributed by atoms with Crippen molar-refractivity contribution in [1.82, 2.24) is 5.43 Å². The number of nitrogens with one attached hydrogen (secondary N) is 1. The highest BCUT2D eigenvalue weighted by Crippen LogP contribution is 2.20. The van der Waals surface area contributed by atoms with E-state index in [1.54, 1.807) is 18.2 Å². The van der Waals surface area contributed by atoms with E-state index in [-0.39, 0.29) is 12.2 Å². The molecular weight excluding hydrogens is 327 g/mol. The first kappa shape index (κ1) is 18.1. The van der Waals surface area contributed by atoms with Crippen LogP contribution in [-0.2, 0) is 16.1 Å². The van der Waals surface area contributed by atoms with E-state index in [9.17, 15) is 14.0 Å². The highest BCUT2D eigenvalue weighted by molar-refractivity contribution is 5.94. The average Bonchev–Trinajstić information content (AvgIpc) is 2.60. The lowest BCUT2D eigenvalue weighted by molar-refractivity contribution is -0.142. The molecule has 0 aliphatic rings. The molecule has 7 heteroatoms. The predicted molar refractivity (Wildman–Crippen MR) is 89.9 cm³/mol. The Hall–Kier alpha value is -3.22. The normalized spacial score (nSPS) is 10.5. The van der Waals surface area contributed by atoms with Gasteiger partial charge >= 0.3 is 5.97 Å².